The minimum Gasteiger partial charge on any atom is -0.756 e. The molecule has 256 valence electrons. The number of hydrogen-bond donors (Lipinski definition) is 1. The van der Waals surface area contributed by atoms with Gasteiger partial charge in [0, 0.05) is 6.61 Å². The third-order valence-corrected chi connectivity index (χ3v) is 8.41. The third kappa shape index (κ3) is 25.8. The molecule has 2 atom stereocenters. The average molecular weight is 643 g/mol. The van der Waals surface area contributed by atoms with Crippen LogP contribution in [0, 0.1) is 0 Å². The van der Waals surface area contributed by atoms with Gasteiger partial charge in [-0.2, -0.15) is 0 Å². The first-order valence-electron chi connectivity index (χ1n) is 17.1. The van der Waals surface area contributed by atoms with Crippen molar-refractivity contribution >= 4 is 13.9 Å². The number of quaternary nitrogens is 1. The number of ether oxygens (including phenoxy) is 2. The lowest BCUT2D eigenvalue weighted by Crippen LogP contribution is -2.42. The highest BCUT2D eigenvalue weighted by Gasteiger charge is 2.19. The molecule has 44 heavy (non-hydrogen) atoms. The predicted octanol–water partition coefficient (Wildman–Crippen LogP) is 7.77. The molecule has 1 aromatic carbocycles. The van der Waals surface area contributed by atoms with Gasteiger partial charge in [-0.05, 0) is 12.0 Å². The molecule has 0 heterocycles. The van der Waals surface area contributed by atoms with Gasteiger partial charge >= 0.3 is 6.09 Å². The van der Waals surface area contributed by atoms with Crippen LogP contribution in [0.25, 0.3) is 0 Å². The zero-order chi connectivity index (χ0) is 32.4. The lowest BCUT2D eigenvalue weighted by molar-refractivity contribution is -0.870. The molecule has 0 spiro atoms. The summed E-state index contributed by atoms with van der Waals surface area (Å²) in [6, 6.07) is 8.63. The van der Waals surface area contributed by atoms with Crippen LogP contribution in [0.15, 0.2) is 30.3 Å². The molecule has 1 rings (SSSR count). The summed E-state index contributed by atoms with van der Waals surface area (Å²) >= 11 is 0. The summed E-state index contributed by atoms with van der Waals surface area (Å²) in [7, 11) is 1.30. The van der Waals surface area contributed by atoms with E-state index in [-0.39, 0.29) is 26.4 Å². The van der Waals surface area contributed by atoms with E-state index in [1.807, 2.05) is 51.5 Å². The van der Waals surface area contributed by atoms with Crippen molar-refractivity contribution < 1.29 is 37.3 Å². The van der Waals surface area contributed by atoms with Crippen molar-refractivity contribution in [3.8, 4) is 0 Å². The Bertz CT molecular complexity index is 867. The molecular weight excluding hydrogens is 579 g/mol. The second-order valence-corrected chi connectivity index (χ2v) is 14.3. The molecule has 1 unspecified atom stereocenters. The lowest BCUT2D eigenvalue weighted by atomic mass is 10.0. The minimum absolute atomic E-state index is 0.0112. The summed E-state index contributed by atoms with van der Waals surface area (Å²) in [5.41, 5.74) is 0.852. The maximum atomic E-state index is 12.4. The number of phosphoric acid groups is 1. The molecule has 10 heteroatoms. The number of likely N-dealkylation sites (N-methyl/N-ethyl adjacent to an activating group) is 1. The molecule has 0 saturated heterocycles. The van der Waals surface area contributed by atoms with Gasteiger partial charge in [0.1, 0.15) is 19.8 Å². The summed E-state index contributed by atoms with van der Waals surface area (Å²) in [6.07, 6.45) is 20.2. The zero-order valence-corrected chi connectivity index (χ0v) is 29.2. The molecule has 1 N–H and O–H groups in total. The molecular formula is C34H63N2O7P. The van der Waals surface area contributed by atoms with E-state index in [4.69, 9.17) is 18.5 Å². The Balaban J connectivity index is 2.23. The summed E-state index contributed by atoms with van der Waals surface area (Å²) in [5, 5.41) is 2.67. The molecule has 0 aliphatic carbocycles. The van der Waals surface area contributed by atoms with E-state index in [0.717, 1.165) is 18.4 Å². The first kappa shape index (κ1) is 40.5. The Morgan fingerprint density at radius 2 is 1.30 bits per heavy atom. The number of nitrogens with zero attached hydrogens (tertiary/aromatic N) is 1. The minimum atomic E-state index is -4.53. The van der Waals surface area contributed by atoms with Gasteiger partial charge in [0.25, 0.3) is 7.82 Å². The predicted molar refractivity (Wildman–Crippen MR) is 176 cm³/mol. The maximum Gasteiger partial charge on any atom is 0.407 e. The fourth-order valence-corrected chi connectivity index (χ4v) is 5.43. The van der Waals surface area contributed by atoms with E-state index in [1.165, 1.54) is 89.9 Å². The van der Waals surface area contributed by atoms with Crippen molar-refractivity contribution in [3.05, 3.63) is 35.9 Å². The van der Waals surface area contributed by atoms with Crippen LogP contribution in [-0.4, -0.2) is 70.7 Å². The maximum absolute atomic E-state index is 12.4. The Labute approximate surface area is 268 Å². The summed E-state index contributed by atoms with van der Waals surface area (Å²) in [5.74, 6) is 0. The quantitative estimate of drug-likeness (QED) is 0.0541. The molecule has 0 fully saturated rings. The van der Waals surface area contributed by atoms with E-state index >= 15 is 0 Å². The SMILES string of the molecule is CCCCCCCCCCCCCCCCCCOC[C@H](COP(=O)([O-])OCC[N+](C)(C)C)NC(=O)OCc1ccccc1. The number of carbonyl (C=O) groups excluding carboxylic acids is 1. The number of phosphoric ester groups is 1. The molecule has 0 saturated carbocycles. The number of unbranched alkanes of at least 4 members (excludes halogenated alkanes) is 15. The van der Waals surface area contributed by atoms with Gasteiger partial charge in [0.15, 0.2) is 0 Å². The number of alkyl carbamates (subject to hydrolysis) is 1. The Hall–Kier alpha value is -1.48. The summed E-state index contributed by atoms with van der Waals surface area (Å²) in [4.78, 5) is 24.7. The van der Waals surface area contributed by atoms with Crippen molar-refractivity contribution in [1.82, 2.24) is 5.32 Å². The van der Waals surface area contributed by atoms with Crippen LogP contribution < -0.4 is 10.2 Å². The van der Waals surface area contributed by atoms with E-state index in [0.29, 0.717) is 17.6 Å². The third-order valence-electron chi connectivity index (χ3n) is 7.44. The van der Waals surface area contributed by atoms with Crippen LogP contribution in [0.4, 0.5) is 4.79 Å². The van der Waals surface area contributed by atoms with Gasteiger partial charge in [-0.25, -0.2) is 4.79 Å². The molecule has 0 bridgehead atoms. The number of nitrogens with one attached hydrogen (secondary N) is 1. The first-order chi connectivity index (χ1) is 21.1. The number of rotatable bonds is 29. The summed E-state index contributed by atoms with van der Waals surface area (Å²) in [6.45, 7) is 3.23. The molecule has 0 aliphatic heterocycles. The highest BCUT2D eigenvalue weighted by molar-refractivity contribution is 7.45. The Morgan fingerprint density at radius 3 is 1.82 bits per heavy atom. The topological polar surface area (TPSA) is 106 Å². The van der Waals surface area contributed by atoms with E-state index < -0.39 is 20.0 Å². The van der Waals surface area contributed by atoms with Crippen LogP contribution >= 0.6 is 7.82 Å². The fraction of sp³-hybridized carbons (Fsp3) is 0.794. The second-order valence-electron chi connectivity index (χ2n) is 12.9. The van der Waals surface area contributed by atoms with Crippen molar-refractivity contribution in [2.75, 3.05) is 54.1 Å². The monoisotopic (exact) mass is 642 g/mol. The van der Waals surface area contributed by atoms with Gasteiger partial charge < -0.3 is 33.2 Å². The van der Waals surface area contributed by atoms with Gasteiger partial charge in [-0.1, -0.05) is 134 Å². The van der Waals surface area contributed by atoms with Crippen molar-refractivity contribution in [3.63, 3.8) is 0 Å². The normalized spacial score (nSPS) is 13.8. The Morgan fingerprint density at radius 1 is 0.773 bits per heavy atom. The van der Waals surface area contributed by atoms with Crippen LogP contribution in [0.5, 0.6) is 0 Å². The number of benzene rings is 1. The van der Waals surface area contributed by atoms with Gasteiger partial charge in [-0.15, -0.1) is 0 Å². The van der Waals surface area contributed by atoms with Crippen molar-refractivity contribution in [1.29, 1.82) is 0 Å². The smallest absolute Gasteiger partial charge is 0.407 e. The van der Waals surface area contributed by atoms with Gasteiger partial charge in [0.05, 0.1) is 40.4 Å². The second kappa shape index (κ2) is 25.7. The molecule has 0 aromatic heterocycles. The molecule has 0 radical (unpaired) electrons. The van der Waals surface area contributed by atoms with Crippen molar-refractivity contribution in [2.45, 2.75) is 122 Å². The van der Waals surface area contributed by atoms with Gasteiger partial charge in [-0.3, -0.25) is 4.57 Å². The fourth-order valence-electron chi connectivity index (χ4n) is 4.69. The average Bonchev–Trinajstić information content (AvgIpc) is 2.98. The molecule has 1 aromatic rings. The molecule has 0 aliphatic rings. The molecule has 1 amide bonds. The van der Waals surface area contributed by atoms with Crippen LogP contribution in [0.3, 0.4) is 0 Å². The van der Waals surface area contributed by atoms with E-state index in [9.17, 15) is 14.3 Å². The number of carbonyl (C=O) groups is 1. The molecule has 9 nitrogen and oxygen atoms in total. The summed E-state index contributed by atoms with van der Waals surface area (Å²) < 4.78 is 34.0. The Kier molecular flexibility index (Phi) is 23.7. The van der Waals surface area contributed by atoms with Crippen molar-refractivity contribution in [2.24, 2.45) is 0 Å². The zero-order valence-electron chi connectivity index (χ0n) is 28.3. The van der Waals surface area contributed by atoms with Crippen LogP contribution in [0.1, 0.15) is 115 Å². The van der Waals surface area contributed by atoms with Crippen LogP contribution in [0.2, 0.25) is 0 Å². The van der Waals surface area contributed by atoms with E-state index in [1.54, 1.807) is 0 Å². The number of amides is 1. The largest absolute Gasteiger partial charge is 0.756 e. The lowest BCUT2D eigenvalue weighted by Gasteiger charge is -2.28. The first-order valence-corrected chi connectivity index (χ1v) is 18.5. The highest BCUT2D eigenvalue weighted by atomic mass is 31.2. The standard InChI is InChI=1S/C34H63N2O7P/c1-5-6-7-8-9-10-11-12-13-14-15-16-17-18-19-23-27-40-30-33(31-43-44(38,39)42-28-26-36(2,3)4)35-34(37)41-29-32-24-21-20-22-25-32/h20-22,24-25,33H,5-19,23,26-31H2,1-4H3,(H-,35,37,38,39)/t33-/m1/s1. The van der Waals surface area contributed by atoms with Crippen LogP contribution in [-0.2, 0) is 29.7 Å². The van der Waals surface area contributed by atoms with E-state index in [2.05, 4.69) is 12.2 Å². The van der Waals surface area contributed by atoms with Gasteiger partial charge in [0.2, 0.25) is 0 Å². The highest BCUT2D eigenvalue weighted by Crippen LogP contribution is 2.38. The number of hydrogen-bond acceptors (Lipinski definition) is 7.